The molecule has 1 fully saturated rings. The Labute approximate surface area is 183 Å². The van der Waals surface area contributed by atoms with Gasteiger partial charge in [-0.2, -0.15) is 0 Å². The highest BCUT2D eigenvalue weighted by Crippen LogP contribution is 2.23. The summed E-state index contributed by atoms with van der Waals surface area (Å²) in [4.78, 5) is 11.4. The maximum atomic E-state index is 6.12. The zero-order valence-electron chi connectivity index (χ0n) is 15.6. The van der Waals surface area contributed by atoms with Crippen molar-refractivity contribution < 1.29 is 0 Å². The molecule has 1 unspecified atom stereocenters. The molecule has 2 N–H and O–H groups in total. The standard InChI is InChI=1S/C20H26ClN5.HI/c1-2-22-20(24-12-9-17-7-3-4-11-23-17)25-18-10-13-26(15-18)19-8-5-6-16(21)14-19;/h3-8,11,14,18H,2,9-10,12-13,15H2,1H3,(H2,22,24,25);1H. The van der Waals surface area contributed by atoms with E-state index in [0.717, 1.165) is 55.7 Å². The Bertz CT molecular complexity index is 725. The molecule has 0 amide bonds. The summed E-state index contributed by atoms with van der Waals surface area (Å²) in [5.41, 5.74) is 2.25. The number of nitrogens with one attached hydrogen (secondary N) is 2. The first-order valence-corrected chi connectivity index (χ1v) is 9.57. The average molecular weight is 500 g/mol. The second-order valence-corrected chi connectivity index (χ2v) is 6.82. The first-order chi connectivity index (χ1) is 12.7. The van der Waals surface area contributed by atoms with Gasteiger partial charge in [0.25, 0.3) is 0 Å². The van der Waals surface area contributed by atoms with E-state index < -0.39 is 0 Å². The lowest BCUT2D eigenvalue weighted by atomic mass is 10.2. The van der Waals surface area contributed by atoms with Crippen molar-refractivity contribution in [1.29, 1.82) is 0 Å². The van der Waals surface area contributed by atoms with Gasteiger partial charge in [-0.3, -0.25) is 9.98 Å². The molecule has 0 aliphatic carbocycles. The second kappa shape index (κ2) is 11.3. The van der Waals surface area contributed by atoms with E-state index in [-0.39, 0.29) is 24.0 Å². The lowest BCUT2D eigenvalue weighted by Gasteiger charge is -2.20. The summed E-state index contributed by atoms with van der Waals surface area (Å²) in [5, 5.41) is 7.68. The van der Waals surface area contributed by atoms with Crippen molar-refractivity contribution in [2.45, 2.75) is 25.8 Å². The Morgan fingerprint density at radius 3 is 2.93 bits per heavy atom. The number of hydrogen-bond acceptors (Lipinski definition) is 3. The summed E-state index contributed by atoms with van der Waals surface area (Å²) in [5.74, 6) is 0.876. The van der Waals surface area contributed by atoms with Gasteiger partial charge >= 0.3 is 0 Å². The molecule has 0 saturated carbocycles. The van der Waals surface area contributed by atoms with Gasteiger partial charge in [0.05, 0.1) is 0 Å². The van der Waals surface area contributed by atoms with Crippen LogP contribution in [0.1, 0.15) is 19.0 Å². The maximum absolute atomic E-state index is 6.12. The Morgan fingerprint density at radius 1 is 1.30 bits per heavy atom. The van der Waals surface area contributed by atoms with Crippen LogP contribution in [-0.4, -0.2) is 43.2 Å². The predicted molar refractivity (Wildman–Crippen MR) is 125 cm³/mol. The van der Waals surface area contributed by atoms with Crippen LogP contribution in [0.15, 0.2) is 53.7 Å². The van der Waals surface area contributed by atoms with Crippen molar-refractivity contribution in [3.05, 3.63) is 59.4 Å². The molecule has 0 spiro atoms. The van der Waals surface area contributed by atoms with Gasteiger partial charge < -0.3 is 15.5 Å². The molecule has 3 rings (SSSR count). The molecule has 1 aliphatic rings. The van der Waals surface area contributed by atoms with Gasteiger partial charge in [-0.05, 0) is 43.7 Å². The van der Waals surface area contributed by atoms with Crippen LogP contribution < -0.4 is 15.5 Å². The van der Waals surface area contributed by atoms with Gasteiger partial charge in [-0.1, -0.05) is 23.7 Å². The van der Waals surface area contributed by atoms with E-state index in [9.17, 15) is 0 Å². The summed E-state index contributed by atoms with van der Waals surface area (Å²) in [7, 11) is 0. The van der Waals surface area contributed by atoms with Gasteiger partial charge in [0, 0.05) is 61.2 Å². The zero-order valence-corrected chi connectivity index (χ0v) is 18.7. The van der Waals surface area contributed by atoms with Crippen LogP contribution in [0.25, 0.3) is 0 Å². The molecule has 1 saturated heterocycles. The number of benzene rings is 1. The van der Waals surface area contributed by atoms with Crippen molar-refractivity contribution in [3.8, 4) is 0 Å². The SMILES string of the molecule is CCNC(=NCCc1ccccn1)NC1CCN(c2cccc(Cl)c2)C1.I. The summed E-state index contributed by atoms with van der Waals surface area (Å²) >= 11 is 6.12. The average Bonchev–Trinajstić information content (AvgIpc) is 3.11. The van der Waals surface area contributed by atoms with Gasteiger partial charge in [-0.15, -0.1) is 24.0 Å². The van der Waals surface area contributed by atoms with Crippen molar-refractivity contribution >= 4 is 47.2 Å². The highest BCUT2D eigenvalue weighted by Gasteiger charge is 2.23. The molecule has 0 bridgehead atoms. The Hall–Kier alpha value is -1.54. The molecule has 1 aliphatic heterocycles. The molecule has 146 valence electrons. The number of guanidine groups is 1. The summed E-state index contributed by atoms with van der Waals surface area (Å²) in [6.45, 7) is 5.62. The summed E-state index contributed by atoms with van der Waals surface area (Å²) in [6, 6.07) is 14.4. The number of aromatic nitrogens is 1. The molecule has 2 heterocycles. The number of aliphatic imine (C=N–C) groups is 1. The number of pyridine rings is 1. The van der Waals surface area contributed by atoms with E-state index in [1.54, 1.807) is 0 Å². The van der Waals surface area contributed by atoms with Crippen molar-refractivity contribution in [1.82, 2.24) is 15.6 Å². The van der Waals surface area contributed by atoms with Gasteiger partial charge in [-0.25, -0.2) is 0 Å². The Kier molecular flexibility index (Phi) is 9.14. The van der Waals surface area contributed by atoms with E-state index in [2.05, 4.69) is 33.5 Å². The zero-order chi connectivity index (χ0) is 18.2. The van der Waals surface area contributed by atoms with E-state index in [0.29, 0.717) is 6.04 Å². The largest absolute Gasteiger partial charge is 0.369 e. The molecule has 0 radical (unpaired) electrons. The van der Waals surface area contributed by atoms with E-state index in [1.807, 2.05) is 42.6 Å². The Balaban J connectivity index is 0.00000261. The minimum absolute atomic E-state index is 0. The predicted octanol–water partition coefficient (Wildman–Crippen LogP) is 3.73. The topological polar surface area (TPSA) is 52.6 Å². The normalized spacial score (nSPS) is 16.7. The quantitative estimate of drug-likeness (QED) is 0.361. The molecular weight excluding hydrogens is 473 g/mol. The van der Waals surface area contributed by atoms with Crippen LogP contribution in [0.2, 0.25) is 5.02 Å². The minimum Gasteiger partial charge on any atom is -0.369 e. The van der Waals surface area contributed by atoms with Crippen LogP contribution in [0, 0.1) is 0 Å². The van der Waals surface area contributed by atoms with Crippen LogP contribution in [0.3, 0.4) is 0 Å². The molecule has 5 nitrogen and oxygen atoms in total. The van der Waals surface area contributed by atoms with Crippen LogP contribution >= 0.6 is 35.6 Å². The Morgan fingerprint density at radius 2 is 2.19 bits per heavy atom. The molecule has 1 atom stereocenters. The first kappa shape index (κ1) is 21.8. The highest BCUT2D eigenvalue weighted by molar-refractivity contribution is 14.0. The van der Waals surface area contributed by atoms with Gasteiger partial charge in [0.15, 0.2) is 5.96 Å². The van der Waals surface area contributed by atoms with Crippen LogP contribution in [0.5, 0.6) is 0 Å². The third-order valence-electron chi connectivity index (χ3n) is 4.41. The number of hydrogen-bond donors (Lipinski definition) is 2. The molecule has 1 aromatic carbocycles. The van der Waals surface area contributed by atoms with Crippen LogP contribution in [0.4, 0.5) is 5.69 Å². The van der Waals surface area contributed by atoms with E-state index in [4.69, 9.17) is 16.6 Å². The van der Waals surface area contributed by atoms with Crippen molar-refractivity contribution in [2.24, 2.45) is 4.99 Å². The van der Waals surface area contributed by atoms with Gasteiger partial charge in [0.2, 0.25) is 0 Å². The fourth-order valence-electron chi connectivity index (χ4n) is 3.13. The van der Waals surface area contributed by atoms with E-state index >= 15 is 0 Å². The number of nitrogens with zero attached hydrogens (tertiary/aromatic N) is 3. The monoisotopic (exact) mass is 499 g/mol. The summed E-state index contributed by atoms with van der Waals surface area (Å²) < 4.78 is 0. The van der Waals surface area contributed by atoms with Crippen molar-refractivity contribution in [2.75, 3.05) is 31.1 Å². The molecular formula is C20H27ClIN5. The second-order valence-electron chi connectivity index (χ2n) is 6.39. The lowest BCUT2D eigenvalue weighted by Crippen LogP contribution is -2.44. The summed E-state index contributed by atoms with van der Waals surface area (Å²) in [6.07, 6.45) is 3.75. The number of rotatable bonds is 6. The minimum atomic E-state index is 0. The molecule has 1 aromatic heterocycles. The van der Waals surface area contributed by atoms with Crippen molar-refractivity contribution in [3.63, 3.8) is 0 Å². The number of halogens is 2. The smallest absolute Gasteiger partial charge is 0.191 e. The molecule has 2 aromatic rings. The first-order valence-electron chi connectivity index (χ1n) is 9.20. The molecule has 27 heavy (non-hydrogen) atoms. The lowest BCUT2D eigenvalue weighted by molar-refractivity contribution is 0.649. The highest BCUT2D eigenvalue weighted by atomic mass is 127. The third-order valence-corrected chi connectivity index (χ3v) is 4.65. The van der Waals surface area contributed by atoms with Crippen LogP contribution in [-0.2, 0) is 6.42 Å². The van der Waals surface area contributed by atoms with Gasteiger partial charge in [0.1, 0.15) is 0 Å². The third kappa shape index (κ3) is 6.84. The van der Waals surface area contributed by atoms with E-state index in [1.165, 1.54) is 5.69 Å². The molecule has 7 heteroatoms. The fourth-order valence-corrected chi connectivity index (χ4v) is 3.31. The number of anilines is 1. The maximum Gasteiger partial charge on any atom is 0.191 e. The fraction of sp³-hybridized carbons (Fsp3) is 0.400.